The lowest BCUT2D eigenvalue weighted by atomic mass is 10.1. The molecule has 1 fully saturated rings. The minimum atomic E-state index is -0.229. The van der Waals surface area contributed by atoms with Crippen LogP contribution in [0, 0.1) is 6.92 Å². The van der Waals surface area contributed by atoms with Crippen LogP contribution >= 0.6 is 0 Å². The summed E-state index contributed by atoms with van der Waals surface area (Å²) in [7, 11) is 0. The third-order valence-corrected chi connectivity index (χ3v) is 4.87. The van der Waals surface area contributed by atoms with E-state index in [0.717, 1.165) is 49.2 Å². The number of rotatable bonds is 6. The molecule has 0 aromatic heterocycles. The number of aryl methyl sites for hydroxylation is 2. The van der Waals surface area contributed by atoms with Crippen LogP contribution in [0.1, 0.15) is 36.0 Å². The molecular weight excluding hydrogens is 338 g/mol. The molecule has 0 bridgehead atoms. The summed E-state index contributed by atoms with van der Waals surface area (Å²) in [5, 5.41) is 5.69. The SMILES string of the molecule is Cc1ccc(CNC(=O)Nc2ccc(CCC(=O)N3CCCC3)cc2)cc1. The zero-order valence-electron chi connectivity index (χ0n) is 15.8. The smallest absolute Gasteiger partial charge is 0.319 e. The molecule has 1 saturated heterocycles. The fourth-order valence-electron chi connectivity index (χ4n) is 3.19. The molecule has 142 valence electrons. The van der Waals surface area contributed by atoms with Crippen molar-refractivity contribution >= 4 is 17.6 Å². The monoisotopic (exact) mass is 365 g/mol. The van der Waals surface area contributed by atoms with E-state index in [4.69, 9.17) is 0 Å². The molecule has 3 rings (SSSR count). The lowest BCUT2D eigenvalue weighted by Crippen LogP contribution is -2.28. The van der Waals surface area contributed by atoms with Crippen LogP contribution < -0.4 is 10.6 Å². The number of likely N-dealkylation sites (tertiary alicyclic amines) is 1. The Morgan fingerprint density at radius 1 is 0.926 bits per heavy atom. The van der Waals surface area contributed by atoms with E-state index < -0.39 is 0 Å². The van der Waals surface area contributed by atoms with Crippen molar-refractivity contribution < 1.29 is 9.59 Å². The van der Waals surface area contributed by atoms with Gasteiger partial charge in [0.1, 0.15) is 0 Å². The number of nitrogens with zero attached hydrogens (tertiary/aromatic N) is 1. The first kappa shape index (κ1) is 19.0. The fourth-order valence-corrected chi connectivity index (χ4v) is 3.19. The first-order valence-corrected chi connectivity index (χ1v) is 9.57. The molecule has 0 unspecified atom stereocenters. The molecule has 0 spiro atoms. The maximum atomic E-state index is 12.1. The number of urea groups is 1. The topological polar surface area (TPSA) is 61.4 Å². The Balaban J connectivity index is 1.42. The average molecular weight is 365 g/mol. The molecule has 0 atom stereocenters. The molecule has 2 aromatic rings. The molecule has 5 nitrogen and oxygen atoms in total. The zero-order chi connectivity index (χ0) is 19.1. The molecule has 5 heteroatoms. The average Bonchev–Trinajstić information content (AvgIpc) is 3.22. The van der Waals surface area contributed by atoms with Gasteiger partial charge in [-0.15, -0.1) is 0 Å². The van der Waals surface area contributed by atoms with Crippen molar-refractivity contribution in [2.45, 2.75) is 39.2 Å². The van der Waals surface area contributed by atoms with Crippen LogP contribution in [0.4, 0.5) is 10.5 Å². The number of anilines is 1. The maximum Gasteiger partial charge on any atom is 0.319 e. The van der Waals surface area contributed by atoms with Crippen LogP contribution in [-0.2, 0) is 17.8 Å². The van der Waals surface area contributed by atoms with Gasteiger partial charge in [0.15, 0.2) is 0 Å². The van der Waals surface area contributed by atoms with E-state index in [0.29, 0.717) is 13.0 Å². The third kappa shape index (κ3) is 5.84. The largest absolute Gasteiger partial charge is 0.343 e. The molecule has 0 aliphatic carbocycles. The summed E-state index contributed by atoms with van der Waals surface area (Å²) in [6.07, 6.45) is 3.52. The molecule has 1 aliphatic rings. The maximum absolute atomic E-state index is 12.1. The Kier molecular flexibility index (Phi) is 6.47. The summed E-state index contributed by atoms with van der Waals surface area (Å²) in [5.41, 5.74) is 4.11. The van der Waals surface area contributed by atoms with Crippen LogP contribution in [0.3, 0.4) is 0 Å². The minimum Gasteiger partial charge on any atom is -0.343 e. The highest BCUT2D eigenvalue weighted by atomic mass is 16.2. The van der Waals surface area contributed by atoms with E-state index in [-0.39, 0.29) is 11.9 Å². The van der Waals surface area contributed by atoms with E-state index in [1.165, 1.54) is 5.56 Å². The first-order valence-electron chi connectivity index (χ1n) is 9.57. The molecular formula is C22H27N3O2. The predicted octanol–water partition coefficient (Wildman–Crippen LogP) is 3.87. The number of benzene rings is 2. The van der Waals surface area contributed by atoms with E-state index in [1.54, 1.807) is 0 Å². The Morgan fingerprint density at radius 2 is 1.56 bits per heavy atom. The van der Waals surface area contributed by atoms with E-state index in [9.17, 15) is 9.59 Å². The van der Waals surface area contributed by atoms with Crippen molar-refractivity contribution in [1.82, 2.24) is 10.2 Å². The Labute approximate surface area is 160 Å². The molecule has 27 heavy (non-hydrogen) atoms. The zero-order valence-corrected chi connectivity index (χ0v) is 15.8. The second-order valence-electron chi connectivity index (χ2n) is 7.08. The van der Waals surface area contributed by atoms with Crippen LogP contribution in [0.25, 0.3) is 0 Å². The standard InChI is InChI=1S/C22H27N3O2/c1-17-4-6-19(7-5-17)16-23-22(27)24-20-11-8-18(9-12-20)10-13-21(26)25-14-2-3-15-25/h4-9,11-12H,2-3,10,13-16H2,1H3,(H2,23,24,27). The van der Waals surface area contributed by atoms with Crippen molar-refractivity contribution in [3.05, 3.63) is 65.2 Å². The van der Waals surface area contributed by atoms with Gasteiger partial charge in [0.25, 0.3) is 0 Å². The summed E-state index contributed by atoms with van der Waals surface area (Å²) in [5.74, 6) is 0.241. The van der Waals surface area contributed by atoms with Gasteiger partial charge in [0.2, 0.25) is 5.91 Å². The van der Waals surface area contributed by atoms with Gasteiger partial charge in [-0.2, -0.15) is 0 Å². The van der Waals surface area contributed by atoms with Crippen molar-refractivity contribution in [1.29, 1.82) is 0 Å². The lowest BCUT2D eigenvalue weighted by Gasteiger charge is -2.15. The lowest BCUT2D eigenvalue weighted by molar-refractivity contribution is -0.130. The molecule has 2 aromatic carbocycles. The van der Waals surface area contributed by atoms with Crippen LogP contribution in [0.2, 0.25) is 0 Å². The van der Waals surface area contributed by atoms with Gasteiger partial charge >= 0.3 is 6.03 Å². The van der Waals surface area contributed by atoms with Crippen LogP contribution in [-0.4, -0.2) is 29.9 Å². The second-order valence-corrected chi connectivity index (χ2v) is 7.08. The quantitative estimate of drug-likeness (QED) is 0.816. The molecule has 3 amide bonds. The predicted molar refractivity (Wildman–Crippen MR) is 108 cm³/mol. The summed E-state index contributed by atoms with van der Waals surface area (Å²) < 4.78 is 0. The number of carbonyl (C=O) groups is 2. The summed E-state index contributed by atoms with van der Waals surface area (Å²) in [6, 6.07) is 15.5. The first-order chi connectivity index (χ1) is 13.1. The summed E-state index contributed by atoms with van der Waals surface area (Å²) in [6.45, 7) is 4.33. The van der Waals surface area contributed by atoms with Gasteiger partial charge in [0, 0.05) is 31.7 Å². The molecule has 0 saturated carbocycles. The van der Waals surface area contributed by atoms with Gasteiger partial charge in [-0.05, 0) is 49.4 Å². The normalized spacial score (nSPS) is 13.4. The van der Waals surface area contributed by atoms with Gasteiger partial charge in [0.05, 0.1) is 0 Å². The van der Waals surface area contributed by atoms with Crippen molar-refractivity contribution in [3.8, 4) is 0 Å². The minimum absolute atomic E-state index is 0.229. The van der Waals surface area contributed by atoms with Gasteiger partial charge in [-0.25, -0.2) is 4.79 Å². The number of amides is 3. The number of hydrogen-bond donors (Lipinski definition) is 2. The summed E-state index contributed by atoms with van der Waals surface area (Å²) >= 11 is 0. The molecule has 1 aliphatic heterocycles. The van der Waals surface area contributed by atoms with Gasteiger partial charge < -0.3 is 15.5 Å². The highest BCUT2D eigenvalue weighted by Gasteiger charge is 2.17. The van der Waals surface area contributed by atoms with Crippen molar-refractivity contribution in [2.75, 3.05) is 18.4 Å². The highest BCUT2D eigenvalue weighted by molar-refractivity contribution is 5.89. The van der Waals surface area contributed by atoms with E-state index in [1.807, 2.05) is 60.4 Å². The molecule has 0 radical (unpaired) electrons. The molecule has 1 heterocycles. The second kappa shape index (κ2) is 9.21. The van der Waals surface area contributed by atoms with Crippen LogP contribution in [0.15, 0.2) is 48.5 Å². The van der Waals surface area contributed by atoms with Crippen LogP contribution in [0.5, 0.6) is 0 Å². The number of carbonyl (C=O) groups excluding carboxylic acids is 2. The van der Waals surface area contributed by atoms with Gasteiger partial charge in [-0.3, -0.25) is 4.79 Å². The third-order valence-electron chi connectivity index (χ3n) is 4.87. The van der Waals surface area contributed by atoms with E-state index >= 15 is 0 Å². The fraction of sp³-hybridized carbons (Fsp3) is 0.364. The Morgan fingerprint density at radius 3 is 2.22 bits per heavy atom. The Bertz CT molecular complexity index is 763. The Hall–Kier alpha value is -2.82. The van der Waals surface area contributed by atoms with Gasteiger partial charge in [-0.1, -0.05) is 42.0 Å². The van der Waals surface area contributed by atoms with Crippen molar-refractivity contribution in [3.63, 3.8) is 0 Å². The number of nitrogens with one attached hydrogen (secondary N) is 2. The summed E-state index contributed by atoms with van der Waals surface area (Å²) in [4.78, 5) is 26.1. The van der Waals surface area contributed by atoms with E-state index in [2.05, 4.69) is 10.6 Å². The highest BCUT2D eigenvalue weighted by Crippen LogP contribution is 2.14. The van der Waals surface area contributed by atoms with Crippen molar-refractivity contribution in [2.24, 2.45) is 0 Å². The number of hydrogen-bond acceptors (Lipinski definition) is 2. The molecule has 2 N–H and O–H groups in total.